The van der Waals surface area contributed by atoms with Crippen molar-refractivity contribution < 1.29 is 4.74 Å². The Morgan fingerprint density at radius 2 is 2.12 bits per heavy atom. The van der Waals surface area contributed by atoms with Gasteiger partial charge in [-0.25, -0.2) is 0 Å². The van der Waals surface area contributed by atoms with Gasteiger partial charge in [0.1, 0.15) is 0 Å². The van der Waals surface area contributed by atoms with Gasteiger partial charge in [-0.05, 0) is 45.4 Å². The van der Waals surface area contributed by atoms with Gasteiger partial charge in [-0.2, -0.15) is 0 Å². The number of methoxy groups -OCH3 is 1. The number of rotatable bonds is 5. The molecule has 90 valence electrons. The first-order valence-electron chi connectivity index (χ1n) is 5.50. The standard InChI is InChI=1S/C13H20BrNO/c1-10(9-13(2,3)16-4)15-12-7-5-6-11(14)8-12/h5-8,10,15H,9H2,1-4H3. The summed E-state index contributed by atoms with van der Waals surface area (Å²) in [5, 5.41) is 3.46. The van der Waals surface area contributed by atoms with E-state index in [4.69, 9.17) is 4.74 Å². The average molecular weight is 286 g/mol. The molecule has 0 aliphatic carbocycles. The number of nitrogens with one attached hydrogen (secondary N) is 1. The summed E-state index contributed by atoms with van der Waals surface area (Å²) < 4.78 is 6.51. The highest BCUT2D eigenvalue weighted by molar-refractivity contribution is 9.10. The van der Waals surface area contributed by atoms with Crippen LogP contribution in [0.1, 0.15) is 27.2 Å². The number of ether oxygens (including phenoxy) is 1. The molecule has 0 aliphatic rings. The van der Waals surface area contributed by atoms with E-state index < -0.39 is 0 Å². The number of hydrogen-bond donors (Lipinski definition) is 1. The minimum atomic E-state index is -0.0849. The van der Waals surface area contributed by atoms with Crippen molar-refractivity contribution in [2.45, 2.75) is 38.8 Å². The van der Waals surface area contributed by atoms with E-state index in [1.54, 1.807) is 7.11 Å². The lowest BCUT2D eigenvalue weighted by Crippen LogP contribution is -2.31. The quantitative estimate of drug-likeness (QED) is 0.881. The van der Waals surface area contributed by atoms with Crippen LogP contribution in [0, 0.1) is 0 Å². The molecule has 2 nitrogen and oxygen atoms in total. The fraction of sp³-hybridized carbons (Fsp3) is 0.538. The second kappa shape index (κ2) is 5.69. The van der Waals surface area contributed by atoms with E-state index in [1.165, 1.54) is 0 Å². The van der Waals surface area contributed by atoms with Gasteiger partial charge >= 0.3 is 0 Å². The first kappa shape index (κ1) is 13.5. The predicted molar refractivity (Wildman–Crippen MR) is 72.9 cm³/mol. The van der Waals surface area contributed by atoms with Crippen LogP contribution in [0.25, 0.3) is 0 Å². The number of hydrogen-bond acceptors (Lipinski definition) is 2. The minimum absolute atomic E-state index is 0.0849. The molecule has 1 aromatic carbocycles. The zero-order valence-electron chi connectivity index (χ0n) is 10.4. The van der Waals surface area contributed by atoms with Gasteiger partial charge in [-0.3, -0.25) is 0 Å². The maximum Gasteiger partial charge on any atom is 0.0642 e. The summed E-state index contributed by atoms with van der Waals surface area (Å²) in [6.45, 7) is 6.37. The summed E-state index contributed by atoms with van der Waals surface area (Å²) in [6.07, 6.45) is 0.968. The molecular formula is C13H20BrNO. The minimum Gasteiger partial charge on any atom is -0.382 e. The summed E-state index contributed by atoms with van der Waals surface area (Å²) in [6, 6.07) is 8.58. The highest BCUT2D eigenvalue weighted by Gasteiger charge is 2.19. The zero-order chi connectivity index (χ0) is 12.2. The van der Waals surface area contributed by atoms with Crippen LogP contribution < -0.4 is 5.32 Å². The molecule has 16 heavy (non-hydrogen) atoms. The molecule has 0 heterocycles. The van der Waals surface area contributed by atoms with Crippen molar-refractivity contribution in [3.63, 3.8) is 0 Å². The maximum atomic E-state index is 5.42. The van der Waals surface area contributed by atoms with Crippen molar-refractivity contribution in [2.24, 2.45) is 0 Å². The fourth-order valence-electron chi connectivity index (χ4n) is 1.73. The third-order valence-electron chi connectivity index (χ3n) is 2.59. The van der Waals surface area contributed by atoms with Gasteiger partial charge in [0.15, 0.2) is 0 Å². The van der Waals surface area contributed by atoms with E-state index >= 15 is 0 Å². The van der Waals surface area contributed by atoms with Crippen molar-refractivity contribution in [1.82, 2.24) is 0 Å². The normalized spacial score (nSPS) is 13.6. The van der Waals surface area contributed by atoms with Gasteiger partial charge in [-0.15, -0.1) is 0 Å². The van der Waals surface area contributed by atoms with Crippen molar-refractivity contribution in [3.8, 4) is 0 Å². The van der Waals surface area contributed by atoms with Crippen LogP contribution in [-0.2, 0) is 4.74 Å². The number of anilines is 1. The van der Waals surface area contributed by atoms with Gasteiger partial charge in [-0.1, -0.05) is 22.0 Å². The first-order chi connectivity index (χ1) is 7.43. The average Bonchev–Trinajstić information content (AvgIpc) is 2.16. The van der Waals surface area contributed by atoms with Crippen LogP contribution in [-0.4, -0.2) is 18.8 Å². The summed E-state index contributed by atoms with van der Waals surface area (Å²) in [7, 11) is 1.76. The Kier molecular flexibility index (Phi) is 4.81. The molecule has 1 N–H and O–H groups in total. The number of benzene rings is 1. The topological polar surface area (TPSA) is 21.3 Å². The van der Waals surface area contributed by atoms with Crippen LogP contribution in [0.4, 0.5) is 5.69 Å². The molecule has 0 radical (unpaired) electrons. The predicted octanol–water partition coefficient (Wildman–Crippen LogP) is 4.06. The van der Waals surface area contributed by atoms with Crippen LogP contribution in [0.2, 0.25) is 0 Å². The molecule has 0 fully saturated rings. The Hall–Kier alpha value is -0.540. The van der Waals surface area contributed by atoms with E-state index in [0.717, 1.165) is 16.6 Å². The van der Waals surface area contributed by atoms with Gasteiger partial charge in [0.05, 0.1) is 5.60 Å². The highest BCUT2D eigenvalue weighted by atomic mass is 79.9. The molecule has 0 bridgehead atoms. The lowest BCUT2D eigenvalue weighted by atomic mass is 10.00. The van der Waals surface area contributed by atoms with Crippen molar-refractivity contribution in [3.05, 3.63) is 28.7 Å². The fourth-order valence-corrected chi connectivity index (χ4v) is 2.13. The molecule has 1 unspecified atom stereocenters. The monoisotopic (exact) mass is 285 g/mol. The lowest BCUT2D eigenvalue weighted by Gasteiger charge is -2.27. The molecule has 1 rings (SSSR count). The SMILES string of the molecule is COC(C)(C)CC(C)Nc1cccc(Br)c1. The van der Waals surface area contributed by atoms with Crippen molar-refractivity contribution in [1.29, 1.82) is 0 Å². The molecule has 0 aliphatic heterocycles. The van der Waals surface area contributed by atoms with E-state index in [2.05, 4.69) is 54.2 Å². The van der Waals surface area contributed by atoms with Crippen molar-refractivity contribution >= 4 is 21.6 Å². The summed E-state index contributed by atoms with van der Waals surface area (Å²) in [5.41, 5.74) is 1.05. The van der Waals surface area contributed by atoms with E-state index in [0.29, 0.717) is 6.04 Å². The molecule has 0 aromatic heterocycles. The van der Waals surface area contributed by atoms with Crippen LogP contribution in [0.3, 0.4) is 0 Å². The molecule has 0 spiro atoms. The van der Waals surface area contributed by atoms with Crippen LogP contribution in [0.15, 0.2) is 28.7 Å². The van der Waals surface area contributed by atoms with E-state index in [-0.39, 0.29) is 5.60 Å². The molecule has 0 saturated carbocycles. The second-order valence-electron chi connectivity index (χ2n) is 4.72. The smallest absolute Gasteiger partial charge is 0.0642 e. The lowest BCUT2D eigenvalue weighted by molar-refractivity contribution is 0.0128. The Morgan fingerprint density at radius 3 is 2.69 bits per heavy atom. The molecule has 0 saturated heterocycles. The zero-order valence-corrected chi connectivity index (χ0v) is 12.0. The third-order valence-corrected chi connectivity index (χ3v) is 3.08. The van der Waals surface area contributed by atoms with E-state index in [1.807, 2.05) is 12.1 Å². The molecule has 0 amide bonds. The van der Waals surface area contributed by atoms with E-state index in [9.17, 15) is 0 Å². The summed E-state index contributed by atoms with van der Waals surface area (Å²) in [4.78, 5) is 0. The Labute approximate surface area is 107 Å². The van der Waals surface area contributed by atoms with Crippen molar-refractivity contribution in [2.75, 3.05) is 12.4 Å². The third kappa shape index (κ3) is 4.54. The maximum absolute atomic E-state index is 5.42. The van der Waals surface area contributed by atoms with Crippen LogP contribution in [0.5, 0.6) is 0 Å². The molecule has 1 atom stereocenters. The Bertz CT molecular complexity index is 338. The second-order valence-corrected chi connectivity index (χ2v) is 5.64. The summed E-state index contributed by atoms with van der Waals surface area (Å²) >= 11 is 3.46. The van der Waals surface area contributed by atoms with Gasteiger partial charge < -0.3 is 10.1 Å². The highest BCUT2D eigenvalue weighted by Crippen LogP contribution is 2.20. The molecule has 1 aromatic rings. The Morgan fingerprint density at radius 1 is 1.44 bits per heavy atom. The Balaban J connectivity index is 2.55. The molecular weight excluding hydrogens is 266 g/mol. The largest absolute Gasteiger partial charge is 0.382 e. The summed E-state index contributed by atoms with van der Waals surface area (Å²) in [5.74, 6) is 0. The van der Waals surface area contributed by atoms with Gasteiger partial charge in [0.25, 0.3) is 0 Å². The molecule has 3 heteroatoms. The number of halogens is 1. The van der Waals surface area contributed by atoms with Crippen LogP contribution >= 0.6 is 15.9 Å². The van der Waals surface area contributed by atoms with Gasteiger partial charge in [0.2, 0.25) is 0 Å². The van der Waals surface area contributed by atoms with Gasteiger partial charge in [0, 0.05) is 23.3 Å². The first-order valence-corrected chi connectivity index (χ1v) is 6.29.